The summed E-state index contributed by atoms with van der Waals surface area (Å²) in [5, 5.41) is 4.42. The van der Waals surface area contributed by atoms with Crippen molar-refractivity contribution >= 4 is 11.6 Å². The van der Waals surface area contributed by atoms with Crippen LogP contribution in [0.25, 0.3) is 0 Å². The molecule has 1 aliphatic heterocycles. The first-order valence-electron chi connectivity index (χ1n) is 10.1. The van der Waals surface area contributed by atoms with Crippen LogP contribution in [0.3, 0.4) is 0 Å². The molecule has 0 radical (unpaired) electrons. The molecule has 1 saturated carbocycles. The highest BCUT2D eigenvalue weighted by Crippen LogP contribution is 2.30. The SMILES string of the molecule is O=C(NN=C1CCCCCCCCCCC1)[C@@H]1COc2ccccc2O1. The largest absolute Gasteiger partial charge is 0.485 e. The molecule has 1 heterocycles. The number of nitrogens with zero attached hydrogens (tertiary/aromatic N) is 1. The summed E-state index contributed by atoms with van der Waals surface area (Å²) in [6, 6.07) is 7.41. The predicted octanol–water partition coefficient (Wildman–Crippen LogP) is 4.60. The molecule has 2 aliphatic rings. The number of hydrogen-bond acceptors (Lipinski definition) is 4. The van der Waals surface area contributed by atoms with Gasteiger partial charge in [0.2, 0.25) is 6.10 Å². The molecule has 0 saturated heterocycles. The van der Waals surface area contributed by atoms with Gasteiger partial charge < -0.3 is 9.47 Å². The molecule has 1 amide bonds. The number of rotatable bonds is 2. The molecule has 0 aromatic heterocycles. The molecule has 3 rings (SSSR count). The second kappa shape index (κ2) is 10.2. The van der Waals surface area contributed by atoms with E-state index in [9.17, 15) is 4.79 Å². The Hall–Kier alpha value is -2.04. The number of para-hydroxylation sites is 2. The molecular weight excluding hydrogens is 328 g/mol. The topological polar surface area (TPSA) is 59.9 Å². The number of carbonyl (C=O) groups excluding carboxylic acids is 1. The van der Waals surface area contributed by atoms with Crippen molar-refractivity contribution in [1.29, 1.82) is 0 Å². The van der Waals surface area contributed by atoms with Crippen molar-refractivity contribution in [3.8, 4) is 11.5 Å². The fourth-order valence-corrected chi connectivity index (χ4v) is 3.49. The summed E-state index contributed by atoms with van der Waals surface area (Å²) in [5.41, 5.74) is 3.82. The van der Waals surface area contributed by atoms with E-state index in [2.05, 4.69) is 10.5 Å². The number of benzene rings is 1. The first kappa shape index (κ1) is 18.7. The van der Waals surface area contributed by atoms with Gasteiger partial charge in [0.25, 0.3) is 5.91 Å². The Kier molecular flexibility index (Phi) is 7.35. The van der Waals surface area contributed by atoms with E-state index in [-0.39, 0.29) is 12.5 Å². The predicted molar refractivity (Wildman–Crippen MR) is 103 cm³/mol. The van der Waals surface area contributed by atoms with Crippen LogP contribution in [-0.4, -0.2) is 24.3 Å². The van der Waals surface area contributed by atoms with E-state index in [0.29, 0.717) is 11.5 Å². The number of carbonyl (C=O) groups is 1. The van der Waals surface area contributed by atoms with Gasteiger partial charge in [-0.25, -0.2) is 5.43 Å². The van der Waals surface area contributed by atoms with Gasteiger partial charge in [0.15, 0.2) is 11.5 Å². The van der Waals surface area contributed by atoms with E-state index in [0.717, 1.165) is 31.4 Å². The average molecular weight is 358 g/mol. The van der Waals surface area contributed by atoms with Gasteiger partial charge in [0, 0.05) is 5.71 Å². The number of fused-ring (bicyclic) bond motifs is 1. The molecular formula is C21H30N2O3. The molecule has 0 spiro atoms. The lowest BCUT2D eigenvalue weighted by molar-refractivity contribution is -0.130. The van der Waals surface area contributed by atoms with E-state index in [1.165, 1.54) is 44.9 Å². The maximum atomic E-state index is 12.4. The van der Waals surface area contributed by atoms with Gasteiger partial charge >= 0.3 is 0 Å². The highest BCUT2D eigenvalue weighted by molar-refractivity contribution is 5.87. The van der Waals surface area contributed by atoms with Crippen LogP contribution < -0.4 is 14.9 Å². The van der Waals surface area contributed by atoms with Crippen molar-refractivity contribution in [3.63, 3.8) is 0 Å². The average Bonchev–Trinajstić information content (AvgIpc) is 2.67. The van der Waals surface area contributed by atoms with E-state index in [4.69, 9.17) is 9.47 Å². The maximum absolute atomic E-state index is 12.4. The minimum absolute atomic E-state index is 0.216. The smallest absolute Gasteiger partial charge is 0.284 e. The lowest BCUT2D eigenvalue weighted by atomic mass is 10.00. The standard InChI is InChI=1S/C21H30N2O3/c24-21(20-16-25-18-14-10-11-15-19(18)26-20)23-22-17-12-8-6-4-2-1-3-5-7-9-13-17/h10-11,14-15,20H,1-9,12-13,16H2,(H,23,24)/t20-/m0/s1. The van der Waals surface area contributed by atoms with E-state index < -0.39 is 6.10 Å². The van der Waals surface area contributed by atoms with Crippen LogP contribution in [-0.2, 0) is 4.79 Å². The first-order valence-corrected chi connectivity index (χ1v) is 10.1. The zero-order valence-electron chi connectivity index (χ0n) is 15.5. The zero-order valence-corrected chi connectivity index (χ0v) is 15.5. The van der Waals surface area contributed by atoms with Crippen LogP contribution in [0, 0.1) is 0 Å². The van der Waals surface area contributed by atoms with Crippen LogP contribution in [0.1, 0.15) is 70.6 Å². The monoisotopic (exact) mass is 358 g/mol. The highest BCUT2D eigenvalue weighted by Gasteiger charge is 2.27. The van der Waals surface area contributed by atoms with Crippen LogP contribution >= 0.6 is 0 Å². The second-order valence-electron chi connectivity index (χ2n) is 7.20. The van der Waals surface area contributed by atoms with Crippen molar-refractivity contribution < 1.29 is 14.3 Å². The molecule has 1 fully saturated rings. The molecule has 1 atom stereocenters. The second-order valence-corrected chi connectivity index (χ2v) is 7.20. The third kappa shape index (κ3) is 5.75. The molecule has 1 N–H and O–H groups in total. The van der Waals surface area contributed by atoms with Crippen molar-refractivity contribution in [2.75, 3.05) is 6.61 Å². The Morgan fingerprint density at radius 1 is 0.885 bits per heavy atom. The van der Waals surface area contributed by atoms with Gasteiger partial charge in [-0.05, 0) is 37.8 Å². The van der Waals surface area contributed by atoms with Gasteiger partial charge in [0.05, 0.1) is 0 Å². The molecule has 1 aromatic rings. The van der Waals surface area contributed by atoms with E-state index >= 15 is 0 Å². The normalized spacial score (nSPS) is 21.8. The van der Waals surface area contributed by atoms with Gasteiger partial charge in [-0.2, -0.15) is 5.10 Å². The summed E-state index contributed by atoms with van der Waals surface area (Å²) in [6.07, 6.45) is 12.8. The molecule has 1 aliphatic carbocycles. The minimum atomic E-state index is -0.652. The molecule has 1 aromatic carbocycles. The quantitative estimate of drug-likeness (QED) is 0.786. The summed E-state index contributed by atoms with van der Waals surface area (Å²) in [4.78, 5) is 12.4. The Morgan fingerprint density at radius 2 is 1.46 bits per heavy atom. The van der Waals surface area contributed by atoms with Crippen LogP contribution in [0.4, 0.5) is 0 Å². The van der Waals surface area contributed by atoms with Gasteiger partial charge in [-0.1, -0.05) is 57.1 Å². The Morgan fingerprint density at radius 3 is 2.12 bits per heavy atom. The maximum Gasteiger partial charge on any atom is 0.284 e. The number of hydrazone groups is 1. The van der Waals surface area contributed by atoms with Crippen LogP contribution in [0.5, 0.6) is 11.5 Å². The summed E-state index contributed by atoms with van der Waals surface area (Å²) in [5.74, 6) is 1.05. The number of nitrogens with one attached hydrogen (secondary N) is 1. The van der Waals surface area contributed by atoms with E-state index in [1.807, 2.05) is 24.3 Å². The highest BCUT2D eigenvalue weighted by atomic mass is 16.6. The Balaban J connectivity index is 1.52. The van der Waals surface area contributed by atoms with Crippen molar-refractivity contribution in [2.45, 2.75) is 76.7 Å². The fourth-order valence-electron chi connectivity index (χ4n) is 3.49. The first-order chi connectivity index (χ1) is 12.8. The van der Waals surface area contributed by atoms with Crippen LogP contribution in [0.2, 0.25) is 0 Å². The molecule has 5 nitrogen and oxygen atoms in total. The number of hydrogen-bond donors (Lipinski definition) is 1. The fraction of sp³-hybridized carbons (Fsp3) is 0.619. The third-order valence-corrected chi connectivity index (χ3v) is 5.06. The van der Waals surface area contributed by atoms with E-state index in [1.54, 1.807) is 0 Å². The third-order valence-electron chi connectivity index (χ3n) is 5.06. The van der Waals surface area contributed by atoms with Crippen molar-refractivity contribution in [2.24, 2.45) is 5.10 Å². The van der Waals surface area contributed by atoms with Gasteiger partial charge in [-0.15, -0.1) is 0 Å². The lowest BCUT2D eigenvalue weighted by Crippen LogP contribution is -2.42. The van der Waals surface area contributed by atoms with Gasteiger partial charge in [0.1, 0.15) is 6.61 Å². The summed E-state index contributed by atoms with van der Waals surface area (Å²) >= 11 is 0. The molecule has 0 bridgehead atoms. The summed E-state index contributed by atoms with van der Waals surface area (Å²) in [6.45, 7) is 0.216. The van der Waals surface area contributed by atoms with Crippen molar-refractivity contribution in [1.82, 2.24) is 5.43 Å². The molecule has 5 heteroatoms. The Bertz CT molecular complexity index is 601. The minimum Gasteiger partial charge on any atom is -0.485 e. The molecule has 0 unspecified atom stereocenters. The van der Waals surface area contributed by atoms with Gasteiger partial charge in [-0.3, -0.25) is 4.79 Å². The summed E-state index contributed by atoms with van der Waals surface area (Å²) < 4.78 is 11.3. The zero-order chi connectivity index (χ0) is 18.0. The molecule has 26 heavy (non-hydrogen) atoms. The summed E-state index contributed by atoms with van der Waals surface area (Å²) in [7, 11) is 0. The number of amides is 1. The van der Waals surface area contributed by atoms with Crippen molar-refractivity contribution in [3.05, 3.63) is 24.3 Å². The molecule has 142 valence electrons. The van der Waals surface area contributed by atoms with Crippen LogP contribution in [0.15, 0.2) is 29.4 Å². The Labute approximate surface area is 156 Å². The number of ether oxygens (including phenoxy) is 2. The lowest BCUT2D eigenvalue weighted by Gasteiger charge is -2.25.